The highest BCUT2D eigenvalue weighted by atomic mass is 16.1. The fourth-order valence-electron chi connectivity index (χ4n) is 1.81. The van der Waals surface area contributed by atoms with Gasteiger partial charge in [0.1, 0.15) is 11.5 Å². The average molecular weight is 270 g/mol. The molecule has 2 aromatic rings. The van der Waals surface area contributed by atoms with Gasteiger partial charge in [0, 0.05) is 12.7 Å². The fourth-order valence-corrected chi connectivity index (χ4v) is 1.81. The Labute approximate surface area is 118 Å². The maximum absolute atomic E-state index is 12.0. The number of aromatic nitrogens is 2. The lowest BCUT2D eigenvalue weighted by molar-refractivity contribution is 0.102. The number of nitrogens with one attached hydrogen (secondary N) is 2. The molecule has 0 aliphatic carbocycles. The third-order valence-corrected chi connectivity index (χ3v) is 2.89. The molecular weight excluding hydrogens is 252 g/mol. The van der Waals surface area contributed by atoms with E-state index in [1.54, 1.807) is 7.05 Å². The van der Waals surface area contributed by atoms with E-state index in [9.17, 15) is 4.79 Å². The van der Waals surface area contributed by atoms with E-state index in [4.69, 9.17) is 0 Å². The highest BCUT2D eigenvalue weighted by Gasteiger charge is 2.08. The summed E-state index contributed by atoms with van der Waals surface area (Å²) in [6.45, 7) is 2.14. The number of aryl methyl sites for hydroxylation is 1. The molecule has 0 spiro atoms. The molecule has 0 saturated heterocycles. The van der Waals surface area contributed by atoms with Gasteiger partial charge in [0.2, 0.25) is 0 Å². The van der Waals surface area contributed by atoms with E-state index in [0.717, 1.165) is 18.5 Å². The summed E-state index contributed by atoms with van der Waals surface area (Å²) >= 11 is 0. The second-order valence-corrected chi connectivity index (χ2v) is 4.44. The molecule has 0 atom stereocenters. The first kappa shape index (κ1) is 14.0. The lowest BCUT2D eigenvalue weighted by Gasteiger charge is -2.06. The predicted molar refractivity (Wildman–Crippen MR) is 80.0 cm³/mol. The average Bonchev–Trinajstić information content (AvgIpc) is 2.49. The summed E-state index contributed by atoms with van der Waals surface area (Å²) in [4.78, 5) is 20.1. The Morgan fingerprint density at radius 1 is 1.15 bits per heavy atom. The normalized spacial score (nSPS) is 10.1. The van der Waals surface area contributed by atoms with Crippen molar-refractivity contribution >= 4 is 17.4 Å². The summed E-state index contributed by atoms with van der Waals surface area (Å²) in [5, 5.41) is 5.66. The molecule has 2 rings (SSSR count). The van der Waals surface area contributed by atoms with Crippen LogP contribution < -0.4 is 10.6 Å². The number of carbonyl (C=O) groups is 1. The van der Waals surface area contributed by atoms with Gasteiger partial charge in [0.25, 0.3) is 5.91 Å². The molecule has 0 radical (unpaired) electrons. The van der Waals surface area contributed by atoms with E-state index in [0.29, 0.717) is 11.5 Å². The van der Waals surface area contributed by atoms with Gasteiger partial charge in [-0.05, 0) is 24.1 Å². The van der Waals surface area contributed by atoms with Crippen molar-refractivity contribution < 1.29 is 4.79 Å². The summed E-state index contributed by atoms with van der Waals surface area (Å²) in [7, 11) is 1.75. The molecule has 5 heteroatoms. The Bertz CT molecular complexity index is 563. The maximum atomic E-state index is 12.0. The van der Waals surface area contributed by atoms with E-state index in [1.807, 2.05) is 24.3 Å². The van der Waals surface area contributed by atoms with Crippen LogP contribution >= 0.6 is 0 Å². The van der Waals surface area contributed by atoms with Crippen molar-refractivity contribution in [3.63, 3.8) is 0 Å². The van der Waals surface area contributed by atoms with Crippen LogP contribution in [0.1, 0.15) is 29.4 Å². The molecule has 0 aliphatic rings. The Kier molecular flexibility index (Phi) is 4.65. The molecule has 20 heavy (non-hydrogen) atoms. The largest absolute Gasteiger partial charge is 0.372 e. The standard InChI is InChI=1S/C15H18N4O/c1-3-4-11-5-7-12(8-6-11)19-15(20)13-9-18-14(16-2)10-17-13/h5-10H,3-4H2,1-2H3,(H,16,18)(H,19,20). The van der Waals surface area contributed by atoms with E-state index in [-0.39, 0.29) is 5.91 Å². The van der Waals surface area contributed by atoms with Gasteiger partial charge in [-0.2, -0.15) is 0 Å². The van der Waals surface area contributed by atoms with Crippen LogP contribution in [0.4, 0.5) is 11.5 Å². The van der Waals surface area contributed by atoms with Crippen molar-refractivity contribution in [2.75, 3.05) is 17.7 Å². The summed E-state index contributed by atoms with van der Waals surface area (Å²) in [6, 6.07) is 7.85. The Balaban J connectivity index is 2.02. The minimum absolute atomic E-state index is 0.261. The van der Waals surface area contributed by atoms with Crippen molar-refractivity contribution in [2.45, 2.75) is 19.8 Å². The fraction of sp³-hybridized carbons (Fsp3) is 0.267. The minimum Gasteiger partial charge on any atom is -0.372 e. The van der Waals surface area contributed by atoms with Crippen molar-refractivity contribution in [1.29, 1.82) is 0 Å². The highest BCUT2D eigenvalue weighted by Crippen LogP contribution is 2.12. The number of amides is 1. The van der Waals surface area contributed by atoms with Gasteiger partial charge in [0.05, 0.1) is 12.4 Å². The van der Waals surface area contributed by atoms with Crippen LogP contribution in [-0.4, -0.2) is 22.9 Å². The van der Waals surface area contributed by atoms with Crippen molar-refractivity contribution in [1.82, 2.24) is 9.97 Å². The second kappa shape index (κ2) is 6.65. The number of rotatable bonds is 5. The topological polar surface area (TPSA) is 66.9 Å². The van der Waals surface area contributed by atoms with E-state index >= 15 is 0 Å². The lowest BCUT2D eigenvalue weighted by Crippen LogP contribution is -2.14. The van der Waals surface area contributed by atoms with Gasteiger partial charge in [-0.3, -0.25) is 4.79 Å². The van der Waals surface area contributed by atoms with E-state index in [1.165, 1.54) is 18.0 Å². The van der Waals surface area contributed by atoms with Gasteiger partial charge in [-0.1, -0.05) is 25.5 Å². The number of hydrogen-bond acceptors (Lipinski definition) is 4. The summed E-state index contributed by atoms with van der Waals surface area (Å²) in [6.07, 6.45) is 5.14. The number of hydrogen-bond donors (Lipinski definition) is 2. The van der Waals surface area contributed by atoms with Crippen LogP contribution in [0.2, 0.25) is 0 Å². The monoisotopic (exact) mass is 270 g/mol. The summed E-state index contributed by atoms with van der Waals surface area (Å²) < 4.78 is 0. The molecular formula is C15H18N4O. The van der Waals surface area contributed by atoms with Crippen LogP contribution in [0.25, 0.3) is 0 Å². The number of carbonyl (C=O) groups excluding carboxylic acids is 1. The zero-order chi connectivity index (χ0) is 14.4. The van der Waals surface area contributed by atoms with Crippen LogP contribution in [0.5, 0.6) is 0 Å². The van der Waals surface area contributed by atoms with Gasteiger partial charge in [-0.25, -0.2) is 9.97 Å². The molecule has 0 aliphatic heterocycles. The predicted octanol–water partition coefficient (Wildman–Crippen LogP) is 2.72. The van der Waals surface area contributed by atoms with Gasteiger partial charge >= 0.3 is 0 Å². The molecule has 5 nitrogen and oxygen atoms in total. The first-order valence-electron chi connectivity index (χ1n) is 6.63. The molecule has 2 N–H and O–H groups in total. The van der Waals surface area contributed by atoms with Gasteiger partial charge in [-0.15, -0.1) is 0 Å². The molecule has 1 aromatic heterocycles. The van der Waals surface area contributed by atoms with Crippen LogP contribution in [0, 0.1) is 0 Å². The first-order chi connectivity index (χ1) is 9.72. The molecule has 104 valence electrons. The highest BCUT2D eigenvalue weighted by molar-refractivity contribution is 6.02. The zero-order valence-electron chi connectivity index (χ0n) is 11.7. The van der Waals surface area contributed by atoms with Crippen LogP contribution in [0.15, 0.2) is 36.7 Å². The summed E-state index contributed by atoms with van der Waals surface area (Å²) in [5.41, 5.74) is 2.32. The SMILES string of the molecule is CCCc1ccc(NC(=O)c2cnc(NC)cn2)cc1. The molecule has 0 bridgehead atoms. The first-order valence-corrected chi connectivity index (χ1v) is 6.63. The molecule has 1 heterocycles. The second-order valence-electron chi connectivity index (χ2n) is 4.44. The Morgan fingerprint density at radius 2 is 1.90 bits per heavy atom. The van der Waals surface area contributed by atoms with Crippen molar-refractivity contribution in [2.24, 2.45) is 0 Å². The quantitative estimate of drug-likeness (QED) is 0.876. The van der Waals surface area contributed by atoms with E-state index in [2.05, 4.69) is 27.5 Å². The molecule has 1 aromatic carbocycles. The molecule has 0 unspecified atom stereocenters. The Hall–Kier alpha value is -2.43. The minimum atomic E-state index is -0.261. The number of benzene rings is 1. The van der Waals surface area contributed by atoms with Crippen LogP contribution in [-0.2, 0) is 6.42 Å². The number of anilines is 2. The maximum Gasteiger partial charge on any atom is 0.275 e. The molecule has 0 saturated carbocycles. The van der Waals surface area contributed by atoms with Crippen LogP contribution in [0.3, 0.4) is 0 Å². The van der Waals surface area contributed by atoms with Crippen molar-refractivity contribution in [3.8, 4) is 0 Å². The molecule has 1 amide bonds. The lowest BCUT2D eigenvalue weighted by atomic mass is 10.1. The van der Waals surface area contributed by atoms with E-state index < -0.39 is 0 Å². The smallest absolute Gasteiger partial charge is 0.275 e. The third-order valence-electron chi connectivity index (χ3n) is 2.89. The number of nitrogens with zero attached hydrogens (tertiary/aromatic N) is 2. The summed E-state index contributed by atoms with van der Waals surface area (Å²) in [5.74, 6) is 0.369. The van der Waals surface area contributed by atoms with Gasteiger partial charge in [0.15, 0.2) is 0 Å². The van der Waals surface area contributed by atoms with Crippen molar-refractivity contribution in [3.05, 3.63) is 47.9 Å². The Morgan fingerprint density at radius 3 is 2.45 bits per heavy atom. The van der Waals surface area contributed by atoms with Gasteiger partial charge < -0.3 is 10.6 Å². The molecule has 0 fully saturated rings. The third kappa shape index (κ3) is 3.54. The zero-order valence-corrected chi connectivity index (χ0v) is 11.7.